The SMILES string of the molecule is CC1CCc2c(F)cccc2C1NC(=O)NCCCC(=O)O. The summed E-state index contributed by atoms with van der Waals surface area (Å²) in [7, 11) is 0. The van der Waals surface area contributed by atoms with Gasteiger partial charge in [-0.3, -0.25) is 4.79 Å². The van der Waals surface area contributed by atoms with Gasteiger partial charge in [0.25, 0.3) is 0 Å². The summed E-state index contributed by atoms with van der Waals surface area (Å²) >= 11 is 0. The number of aliphatic carboxylic acids is 1. The van der Waals surface area contributed by atoms with Crippen LogP contribution >= 0.6 is 0 Å². The van der Waals surface area contributed by atoms with Crippen LogP contribution in [0.2, 0.25) is 0 Å². The molecule has 0 radical (unpaired) electrons. The molecule has 0 heterocycles. The Morgan fingerprint density at radius 1 is 1.41 bits per heavy atom. The molecule has 2 unspecified atom stereocenters. The Morgan fingerprint density at radius 2 is 2.18 bits per heavy atom. The molecule has 120 valence electrons. The van der Waals surface area contributed by atoms with Crippen LogP contribution in [0.5, 0.6) is 0 Å². The molecule has 1 aliphatic carbocycles. The lowest BCUT2D eigenvalue weighted by atomic mass is 9.80. The zero-order valence-electron chi connectivity index (χ0n) is 12.6. The Hall–Kier alpha value is -2.11. The van der Waals surface area contributed by atoms with Gasteiger partial charge in [0.2, 0.25) is 0 Å². The first-order valence-electron chi connectivity index (χ1n) is 7.52. The lowest BCUT2D eigenvalue weighted by Gasteiger charge is -2.32. The van der Waals surface area contributed by atoms with Gasteiger partial charge in [-0.2, -0.15) is 0 Å². The largest absolute Gasteiger partial charge is 0.481 e. The zero-order chi connectivity index (χ0) is 16.1. The Bertz CT molecular complexity index is 562. The highest BCUT2D eigenvalue weighted by molar-refractivity contribution is 5.74. The quantitative estimate of drug-likeness (QED) is 0.732. The monoisotopic (exact) mass is 308 g/mol. The number of carbonyl (C=O) groups is 2. The first-order chi connectivity index (χ1) is 10.5. The second kappa shape index (κ2) is 7.24. The summed E-state index contributed by atoms with van der Waals surface area (Å²) < 4.78 is 13.8. The van der Waals surface area contributed by atoms with E-state index < -0.39 is 5.97 Å². The van der Waals surface area contributed by atoms with E-state index in [0.717, 1.165) is 12.0 Å². The van der Waals surface area contributed by atoms with E-state index in [1.54, 1.807) is 6.07 Å². The smallest absolute Gasteiger partial charge is 0.315 e. The van der Waals surface area contributed by atoms with E-state index in [1.165, 1.54) is 6.07 Å². The van der Waals surface area contributed by atoms with Crippen LogP contribution in [-0.2, 0) is 11.2 Å². The predicted molar refractivity (Wildman–Crippen MR) is 80.0 cm³/mol. The minimum atomic E-state index is -0.882. The molecule has 0 saturated carbocycles. The molecule has 0 aliphatic heterocycles. The molecule has 2 atom stereocenters. The van der Waals surface area contributed by atoms with Crippen molar-refractivity contribution in [3.8, 4) is 0 Å². The van der Waals surface area contributed by atoms with Crippen molar-refractivity contribution in [2.75, 3.05) is 6.54 Å². The van der Waals surface area contributed by atoms with E-state index in [1.807, 2.05) is 13.0 Å². The van der Waals surface area contributed by atoms with Gasteiger partial charge in [0, 0.05) is 13.0 Å². The highest BCUT2D eigenvalue weighted by atomic mass is 19.1. The van der Waals surface area contributed by atoms with Gasteiger partial charge in [0.05, 0.1) is 6.04 Å². The standard InChI is InChI=1S/C16H21FN2O3/c1-10-7-8-11-12(4-2-5-13(11)17)15(10)19-16(22)18-9-3-6-14(20)21/h2,4-5,10,15H,3,6-9H2,1H3,(H,20,21)(H2,18,19,22). The van der Waals surface area contributed by atoms with E-state index in [4.69, 9.17) is 5.11 Å². The van der Waals surface area contributed by atoms with E-state index in [0.29, 0.717) is 24.9 Å². The molecule has 0 aromatic heterocycles. The predicted octanol–water partition coefficient (Wildman–Crippen LogP) is 2.61. The topological polar surface area (TPSA) is 78.4 Å². The highest BCUT2D eigenvalue weighted by Gasteiger charge is 2.29. The molecule has 22 heavy (non-hydrogen) atoms. The molecule has 3 N–H and O–H groups in total. The Balaban J connectivity index is 1.96. The maximum Gasteiger partial charge on any atom is 0.315 e. The summed E-state index contributed by atoms with van der Waals surface area (Å²) in [6.45, 7) is 2.33. The fourth-order valence-corrected chi connectivity index (χ4v) is 2.83. The number of hydrogen-bond acceptors (Lipinski definition) is 2. The van der Waals surface area contributed by atoms with Gasteiger partial charge in [-0.25, -0.2) is 9.18 Å². The molecular formula is C16H21FN2O3. The number of amides is 2. The van der Waals surface area contributed by atoms with Crippen molar-refractivity contribution in [3.05, 3.63) is 35.1 Å². The van der Waals surface area contributed by atoms with Crippen molar-refractivity contribution in [2.24, 2.45) is 5.92 Å². The summed E-state index contributed by atoms with van der Waals surface area (Å²) in [4.78, 5) is 22.3. The van der Waals surface area contributed by atoms with Crippen LogP contribution in [0.4, 0.5) is 9.18 Å². The molecule has 1 aromatic carbocycles. The highest BCUT2D eigenvalue weighted by Crippen LogP contribution is 2.35. The third-order valence-electron chi connectivity index (χ3n) is 4.05. The third-order valence-corrected chi connectivity index (χ3v) is 4.05. The minimum Gasteiger partial charge on any atom is -0.481 e. The molecule has 0 spiro atoms. The summed E-state index contributed by atoms with van der Waals surface area (Å²) in [6.07, 6.45) is 1.90. The lowest BCUT2D eigenvalue weighted by Crippen LogP contribution is -2.42. The normalized spacial score (nSPS) is 20.1. The van der Waals surface area contributed by atoms with E-state index in [-0.39, 0.29) is 30.2 Å². The summed E-state index contributed by atoms with van der Waals surface area (Å²) in [5, 5.41) is 14.1. The molecule has 2 amide bonds. The van der Waals surface area contributed by atoms with Crippen molar-refractivity contribution >= 4 is 12.0 Å². The van der Waals surface area contributed by atoms with Gasteiger partial charge in [-0.1, -0.05) is 19.1 Å². The average molecular weight is 308 g/mol. The maximum absolute atomic E-state index is 13.8. The van der Waals surface area contributed by atoms with Crippen LogP contribution < -0.4 is 10.6 Å². The molecule has 2 rings (SSSR count). The minimum absolute atomic E-state index is 0.0220. The number of nitrogens with one attached hydrogen (secondary N) is 2. The number of carbonyl (C=O) groups excluding carboxylic acids is 1. The number of fused-ring (bicyclic) bond motifs is 1. The summed E-state index contributed by atoms with van der Waals surface area (Å²) in [6, 6.07) is 4.38. The van der Waals surface area contributed by atoms with E-state index >= 15 is 0 Å². The van der Waals surface area contributed by atoms with Crippen LogP contribution in [-0.4, -0.2) is 23.7 Å². The molecule has 0 bridgehead atoms. The average Bonchev–Trinajstić information content (AvgIpc) is 2.47. The fraction of sp³-hybridized carbons (Fsp3) is 0.500. The maximum atomic E-state index is 13.8. The number of halogens is 1. The van der Waals surface area contributed by atoms with Crippen LogP contribution in [0.15, 0.2) is 18.2 Å². The van der Waals surface area contributed by atoms with Crippen molar-refractivity contribution in [1.29, 1.82) is 0 Å². The van der Waals surface area contributed by atoms with Crippen molar-refractivity contribution in [2.45, 2.75) is 38.6 Å². The summed E-state index contributed by atoms with van der Waals surface area (Å²) in [5.74, 6) is -0.885. The second-order valence-corrected chi connectivity index (χ2v) is 5.70. The fourth-order valence-electron chi connectivity index (χ4n) is 2.83. The number of benzene rings is 1. The molecular weight excluding hydrogens is 287 g/mol. The molecule has 5 nitrogen and oxygen atoms in total. The van der Waals surface area contributed by atoms with Crippen molar-refractivity contribution < 1.29 is 19.1 Å². The van der Waals surface area contributed by atoms with Crippen LogP contribution in [0, 0.1) is 11.7 Å². The molecule has 1 aromatic rings. The number of rotatable bonds is 5. The van der Waals surface area contributed by atoms with Gasteiger partial charge in [-0.15, -0.1) is 0 Å². The first kappa shape index (κ1) is 16.3. The van der Waals surface area contributed by atoms with Crippen LogP contribution in [0.25, 0.3) is 0 Å². The molecule has 0 fully saturated rings. The van der Waals surface area contributed by atoms with Gasteiger partial charge < -0.3 is 15.7 Å². The van der Waals surface area contributed by atoms with E-state index in [2.05, 4.69) is 10.6 Å². The Morgan fingerprint density at radius 3 is 2.91 bits per heavy atom. The van der Waals surface area contributed by atoms with E-state index in [9.17, 15) is 14.0 Å². The van der Waals surface area contributed by atoms with Gasteiger partial charge in [0.1, 0.15) is 5.82 Å². The number of carboxylic acid groups (broad SMARTS) is 1. The van der Waals surface area contributed by atoms with Crippen LogP contribution in [0.3, 0.4) is 0 Å². The van der Waals surface area contributed by atoms with Gasteiger partial charge in [0.15, 0.2) is 0 Å². The molecule has 1 aliphatic rings. The first-order valence-corrected chi connectivity index (χ1v) is 7.52. The van der Waals surface area contributed by atoms with Crippen LogP contribution in [0.1, 0.15) is 43.4 Å². The Labute approximate surface area is 128 Å². The van der Waals surface area contributed by atoms with Gasteiger partial charge >= 0.3 is 12.0 Å². The Kier molecular flexibility index (Phi) is 5.35. The zero-order valence-corrected chi connectivity index (χ0v) is 12.6. The lowest BCUT2D eigenvalue weighted by molar-refractivity contribution is -0.137. The second-order valence-electron chi connectivity index (χ2n) is 5.70. The number of urea groups is 1. The van der Waals surface area contributed by atoms with Gasteiger partial charge in [-0.05, 0) is 42.4 Å². The third kappa shape index (κ3) is 3.96. The molecule has 0 saturated heterocycles. The van der Waals surface area contributed by atoms with Crippen molar-refractivity contribution in [1.82, 2.24) is 10.6 Å². The summed E-state index contributed by atoms with van der Waals surface area (Å²) in [5.41, 5.74) is 1.51. The van der Waals surface area contributed by atoms with Crippen molar-refractivity contribution in [3.63, 3.8) is 0 Å². The molecule has 6 heteroatoms. The number of carboxylic acids is 1. The number of hydrogen-bond donors (Lipinski definition) is 3.